The number of hydrogen-bond donors (Lipinski definition) is 1. The molecule has 0 saturated heterocycles. The van der Waals surface area contributed by atoms with Gasteiger partial charge in [0.2, 0.25) is 0 Å². The maximum Gasteiger partial charge on any atom is 0.0541 e. The average Bonchev–Trinajstić information content (AvgIpc) is 2.45. The van der Waals surface area contributed by atoms with E-state index in [1.807, 2.05) is 25.2 Å². The summed E-state index contributed by atoms with van der Waals surface area (Å²) >= 11 is 11.5. The molecular weight excluding hydrogens is 354 g/mol. The third-order valence-electron chi connectivity index (χ3n) is 3.06. The summed E-state index contributed by atoms with van der Waals surface area (Å²) in [5.74, 6) is 0.993. The van der Waals surface area contributed by atoms with E-state index in [2.05, 4.69) is 51.6 Å². The molecule has 2 aromatic rings. The lowest BCUT2D eigenvalue weighted by Gasteiger charge is -2.16. The van der Waals surface area contributed by atoms with Gasteiger partial charge in [0.25, 0.3) is 0 Å². The standard InChI is InChI=1S/C16H17BrClNS/c1-19-14(10-12-5-4-6-13(17)9-12)11-20-16-8-3-2-7-15(16)18/h2-9,14,19H,10-11H2,1H3. The van der Waals surface area contributed by atoms with Crippen molar-refractivity contribution in [3.63, 3.8) is 0 Å². The van der Waals surface area contributed by atoms with Gasteiger partial charge in [-0.1, -0.05) is 51.8 Å². The van der Waals surface area contributed by atoms with Gasteiger partial charge in [-0.25, -0.2) is 0 Å². The summed E-state index contributed by atoms with van der Waals surface area (Å²) in [7, 11) is 2.01. The van der Waals surface area contributed by atoms with E-state index in [4.69, 9.17) is 11.6 Å². The molecule has 0 aliphatic carbocycles. The minimum Gasteiger partial charge on any atom is -0.316 e. The first-order chi connectivity index (χ1) is 9.69. The Morgan fingerprint density at radius 2 is 2.00 bits per heavy atom. The number of thioether (sulfide) groups is 1. The van der Waals surface area contributed by atoms with Crippen LogP contribution in [0.4, 0.5) is 0 Å². The van der Waals surface area contributed by atoms with Crippen LogP contribution >= 0.6 is 39.3 Å². The number of halogens is 2. The van der Waals surface area contributed by atoms with Crippen molar-refractivity contribution in [2.75, 3.05) is 12.8 Å². The molecule has 1 nitrogen and oxygen atoms in total. The van der Waals surface area contributed by atoms with Gasteiger partial charge in [0.15, 0.2) is 0 Å². The fourth-order valence-electron chi connectivity index (χ4n) is 1.94. The second kappa shape index (κ2) is 8.08. The van der Waals surface area contributed by atoms with Crippen LogP contribution in [0, 0.1) is 0 Å². The van der Waals surface area contributed by atoms with Gasteiger partial charge in [-0.05, 0) is 43.3 Å². The van der Waals surface area contributed by atoms with Gasteiger partial charge >= 0.3 is 0 Å². The van der Waals surface area contributed by atoms with Crippen LogP contribution in [-0.2, 0) is 6.42 Å². The highest BCUT2D eigenvalue weighted by molar-refractivity contribution is 9.10. The van der Waals surface area contributed by atoms with Crippen LogP contribution in [0.15, 0.2) is 57.9 Å². The third-order valence-corrected chi connectivity index (χ3v) is 5.23. The molecule has 0 heterocycles. The molecule has 0 fully saturated rings. The highest BCUT2D eigenvalue weighted by atomic mass is 79.9. The molecule has 20 heavy (non-hydrogen) atoms. The van der Waals surface area contributed by atoms with Gasteiger partial charge in [-0.2, -0.15) is 0 Å². The van der Waals surface area contributed by atoms with Crippen LogP contribution in [0.2, 0.25) is 5.02 Å². The van der Waals surface area contributed by atoms with Crippen molar-refractivity contribution < 1.29 is 0 Å². The van der Waals surface area contributed by atoms with Crippen LogP contribution in [0.1, 0.15) is 5.56 Å². The number of likely N-dealkylation sites (N-methyl/N-ethyl adjacent to an activating group) is 1. The summed E-state index contributed by atoms with van der Waals surface area (Å²) in [6, 6.07) is 16.9. The molecule has 2 aromatic carbocycles. The molecule has 0 amide bonds. The minimum atomic E-state index is 0.422. The first kappa shape index (κ1) is 15.9. The van der Waals surface area contributed by atoms with Gasteiger partial charge in [0.05, 0.1) is 5.02 Å². The Morgan fingerprint density at radius 3 is 2.70 bits per heavy atom. The van der Waals surface area contributed by atoms with Crippen molar-refractivity contribution in [2.24, 2.45) is 0 Å². The van der Waals surface area contributed by atoms with Crippen molar-refractivity contribution in [1.82, 2.24) is 5.32 Å². The Morgan fingerprint density at radius 1 is 1.20 bits per heavy atom. The zero-order valence-electron chi connectivity index (χ0n) is 11.3. The quantitative estimate of drug-likeness (QED) is 0.716. The van der Waals surface area contributed by atoms with E-state index >= 15 is 0 Å². The second-order valence-electron chi connectivity index (χ2n) is 4.56. The zero-order valence-corrected chi connectivity index (χ0v) is 14.4. The normalized spacial score (nSPS) is 12.3. The van der Waals surface area contributed by atoms with Crippen molar-refractivity contribution in [3.8, 4) is 0 Å². The molecule has 0 aliphatic rings. The number of nitrogens with one attached hydrogen (secondary N) is 1. The summed E-state index contributed by atoms with van der Waals surface area (Å²) in [5, 5.41) is 4.21. The summed E-state index contributed by atoms with van der Waals surface area (Å²) in [6.45, 7) is 0. The zero-order chi connectivity index (χ0) is 14.4. The summed E-state index contributed by atoms with van der Waals surface area (Å²) in [5.41, 5.74) is 1.33. The molecule has 0 aliphatic heterocycles. The topological polar surface area (TPSA) is 12.0 Å². The van der Waals surface area contributed by atoms with Gasteiger partial charge in [0, 0.05) is 21.2 Å². The van der Waals surface area contributed by atoms with Crippen molar-refractivity contribution in [3.05, 3.63) is 63.6 Å². The van der Waals surface area contributed by atoms with E-state index in [1.54, 1.807) is 11.8 Å². The first-order valence-electron chi connectivity index (χ1n) is 6.48. The maximum absolute atomic E-state index is 6.18. The van der Waals surface area contributed by atoms with Gasteiger partial charge in [-0.15, -0.1) is 11.8 Å². The molecule has 4 heteroatoms. The lowest BCUT2D eigenvalue weighted by Crippen LogP contribution is -2.30. The summed E-state index contributed by atoms with van der Waals surface area (Å²) < 4.78 is 1.13. The van der Waals surface area contributed by atoms with E-state index in [0.717, 1.165) is 26.6 Å². The van der Waals surface area contributed by atoms with Crippen LogP contribution in [-0.4, -0.2) is 18.8 Å². The third kappa shape index (κ3) is 4.81. The summed E-state index contributed by atoms with van der Waals surface area (Å²) in [6.07, 6.45) is 1.01. The smallest absolute Gasteiger partial charge is 0.0541 e. The van der Waals surface area contributed by atoms with E-state index in [-0.39, 0.29) is 0 Å². The molecule has 0 spiro atoms. The lowest BCUT2D eigenvalue weighted by atomic mass is 10.1. The second-order valence-corrected chi connectivity index (χ2v) is 6.95. The van der Waals surface area contributed by atoms with Crippen molar-refractivity contribution >= 4 is 39.3 Å². The highest BCUT2D eigenvalue weighted by Gasteiger charge is 2.09. The van der Waals surface area contributed by atoms with E-state index < -0.39 is 0 Å². The van der Waals surface area contributed by atoms with E-state index in [0.29, 0.717) is 6.04 Å². The summed E-state index contributed by atoms with van der Waals surface area (Å²) in [4.78, 5) is 1.14. The molecule has 1 atom stereocenters. The van der Waals surface area contributed by atoms with Gasteiger partial charge < -0.3 is 5.32 Å². The SMILES string of the molecule is CNC(CSc1ccccc1Cl)Cc1cccc(Br)c1. The number of hydrogen-bond acceptors (Lipinski definition) is 2. The molecule has 0 radical (unpaired) electrons. The first-order valence-corrected chi connectivity index (χ1v) is 8.63. The molecule has 0 aromatic heterocycles. The average molecular weight is 371 g/mol. The van der Waals surface area contributed by atoms with Crippen LogP contribution in [0.3, 0.4) is 0 Å². The fourth-order valence-corrected chi connectivity index (χ4v) is 3.74. The predicted molar refractivity (Wildman–Crippen MR) is 92.9 cm³/mol. The molecule has 1 unspecified atom stereocenters. The molecular formula is C16H17BrClNS. The van der Waals surface area contributed by atoms with Crippen molar-refractivity contribution in [2.45, 2.75) is 17.4 Å². The molecule has 1 N–H and O–H groups in total. The number of rotatable bonds is 6. The molecule has 2 rings (SSSR count). The molecule has 0 saturated carbocycles. The Kier molecular flexibility index (Phi) is 6.43. The Bertz CT molecular complexity index is 562. The Balaban J connectivity index is 1.94. The lowest BCUT2D eigenvalue weighted by molar-refractivity contribution is 0.617. The molecule has 0 bridgehead atoms. The minimum absolute atomic E-state index is 0.422. The van der Waals surface area contributed by atoms with Crippen LogP contribution in [0.5, 0.6) is 0 Å². The van der Waals surface area contributed by atoms with Gasteiger partial charge in [0.1, 0.15) is 0 Å². The van der Waals surface area contributed by atoms with Crippen LogP contribution in [0.25, 0.3) is 0 Å². The maximum atomic E-state index is 6.18. The van der Waals surface area contributed by atoms with Crippen molar-refractivity contribution in [1.29, 1.82) is 0 Å². The number of benzene rings is 2. The van der Waals surface area contributed by atoms with E-state index in [9.17, 15) is 0 Å². The van der Waals surface area contributed by atoms with Gasteiger partial charge in [-0.3, -0.25) is 0 Å². The Labute approximate surface area is 138 Å². The highest BCUT2D eigenvalue weighted by Crippen LogP contribution is 2.27. The van der Waals surface area contributed by atoms with E-state index in [1.165, 1.54) is 5.56 Å². The fraction of sp³-hybridized carbons (Fsp3) is 0.250. The van der Waals surface area contributed by atoms with Crippen LogP contribution < -0.4 is 5.32 Å². The molecule has 106 valence electrons. The largest absolute Gasteiger partial charge is 0.316 e. The monoisotopic (exact) mass is 369 g/mol. The predicted octanol–water partition coefficient (Wildman–Crippen LogP) is 5.03. The Hall–Kier alpha value is -0.480.